The van der Waals surface area contributed by atoms with Crippen molar-refractivity contribution < 1.29 is 23.0 Å². The van der Waals surface area contributed by atoms with Crippen molar-refractivity contribution in [2.24, 2.45) is 5.92 Å². The molecular weight excluding hydrogens is 468 g/mol. The summed E-state index contributed by atoms with van der Waals surface area (Å²) < 4.78 is 37.2. The summed E-state index contributed by atoms with van der Waals surface area (Å²) in [4.78, 5) is 26.2. The van der Waals surface area contributed by atoms with E-state index in [9.17, 15) is 18.4 Å². The minimum atomic E-state index is -3.01. The van der Waals surface area contributed by atoms with Crippen LogP contribution in [0.2, 0.25) is 0 Å². The molecular formula is C27H25F2N3O4. The maximum absolute atomic E-state index is 13.3. The first-order valence-electron chi connectivity index (χ1n) is 11.3. The van der Waals surface area contributed by atoms with E-state index < -0.39 is 12.5 Å². The monoisotopic (exact) mass is 493 g/mol. The number of anilines is 1. The largest absolute Gasteiger partial charge is 0.497 e. The van der Waals surface area contributed by atoms with E-state index in [2.05, 4.69) is 10.4 Å². The fraction of sp³-hybridized carbons (Fsp3) is 0.222. The molecule has 1 N–H and O–H groups in total. The molecule has 4 aromatic rings. The van der Waals surface area contributed by atoms with Gasteiger partial charge >= 0.3 is 6.61 Å². The Hall–Kier alpha value is -4.27. The van der Waals surface area contributed by atoms with Crippen LogP contribution in [-0.2, 0) is 6.54 Å². The van der Waals surface area contributed by atoms with Crippen LogP contribution in [0, 0.1) is 5.92 Å². The molecule has 3 aromatic carbocycles. The lowest BCUT2D eigenvalue weighted by Gasteiger charge is -2.15. The molecule has 9 heteroatoms. The number of fused-ring (bicyclic) bond motifs is 1. The molecule has 0 bridgehead atoms. The summed E-state index contributed by atoms with van der Waals surface area (Å²) in [5.74, 6) is 0.171. The van der Waals surface area contributed by atoms with Crippen LogP contribution in [0.1, 0.15) is 24.3 Å². The number of amides is 1. The summed E-state index contributed by atoms with van der Waals surface area (Å²) >= 11 is 0. The summed E-state index contributed by atoms with van der Waals surface area (Å²) in [5, 5.41) is 7.94. The van der Waals surface area contributed by atoms with E-state index in [4.69, 9.17) is 9.47 Å². The fourth-order valence-corrected chi connectivity index (χ4v) is 3.87. The predicted octanol–water partition coefficient (Wildman–Crippen LogP) is 5.58. The molecule has 1 aromatic heterocycles. The third-order valence-electron chi connectivity index (χ3n) is 5.48. The second kappa shape index (κ2) is 10.6. The van der Waals surface area contributed by atoms with Gasteiger partial charge in [0.25, 0.3) is 11.5 Å². The third kappa shape index (κ3) is 5.35. The van der Waals surface area contributed by atoms with E-state index in [0.29, 0.717) is 39.9 Å². The van der Waals surface area contributed by atoms with Gasteiger partial charge in [-0.3, -0.25) is 9.59 Å². The van der Waals surface area contributed by atoms with Gasteiger partial charge in [0.15, 0.2) is 5.69 Å². The molecule has 7 nitrogen and oxygen atoms in total. The SMILES string of the molecule is COc1ccc(-c2cc(NC(=O)c3nn(CC(C)C)c(=O)c4ccccc34)ccc2OC(F)F)cc1. The first-order chi connectivity index (χ1) is 17.3. The topological polar surface area (TPSA) is 82.5 Å². The van der Waals surface area contributed by atoms with E-state index in [1.807, 2.05) is 13.8 Å². The Balaban J connectivity index is 1.74. The number of benzene rings is 3. The molecule has 0 aliphatic rings. The molecule has 1 heterocycles. The molecule has 0 unspecified atom stereocenters. The van der Waals surface area contributed by atoms with Gasteiger partial charge in [0.1, 0.15) is 11.5 Å². The molecule has 0 saturated heterocycles. The number of halogens is 2. The number of nitrogens with zero attached hydrogens (tertiary/aromatic N) is 2. The highest BCUT2D eigenvalue weighted by atomic mass is 19.3. The van der Waals surface area contributed by atoms with Gasteiger partial charge in [-0.2, -0.15) is 13.9 Å². The summed E-state index contributed by atoms with van der Waals surface area (Å²) in [7, 11) is 1.53. The fourth-order valence-electron chi connectivity index (χ4n) is 3.87. The van der Waals surface area contributed by atoms with Crippen LogP contribution < -0.4 is 20.3 Å². The lowest BCUT2D eigenvalue weighted by atomic mass is 10.0. The number of carbonyl (C=O) groups excluding carboxylic acids is 1. The Kier molecular flexibility index (Phi) is 7.28. The van der Waals surface area contributed by atoms with Gasteiger partial charge in [0, 0.05) is 23.2 Å². The highest BCUT2D eigenvalue weighted by Crippen LogP contribution is 2.35. The van der Waals surface area contributed by atoms with Crippen LogP contribution in [0.25, 0.3) is 21.9 Å². The zero-order valence-electron chi connectivity index (χ0n) is 20.0. The van der Waals surface area contributed by atoms with Gasteiger partial charge < -0.3 is 14.8 Å². The first-order valence-corrected chi connectivity index (χ1v) is 11.3. The molecule has 0 fully saturated rings. The molecule has 36 heavy (non-hydrogen) atoms. The Labute approximate surface area is 206 Å². The summed E-state index contributed by atoms with van der Waals surface area (Å²) in [6.45, 7) is 1.24. The van der Waals surface area contributed by atoms with Crippen LogP contribution in [0.4, 0.5) is 14.5 Å². The van der Waals surface area contributed by atoms with Gasteiger partial charge in [-0.05, 0) is 47.9 Å². The summed E-state index contributed by atoms with van der Waals surface area (Å²) in [6.07, 6.45) is 0. The van der Waals surface area contributed by atoms with Gasteiger partial charge in [-0.1, -0.05) is 44.2 Å². The lowest BCUT2D eigenvalue weighted by molar-refractivity contribution is -0.0494. The van der Waals surface area contributed by atoms with Crippen LogP contribution in [0.3, 0.4) is 0 Å². The van der Waals surface area contributed by atoms with Gasteiger partial charge in [0.05, 0.1) is 12.5 Å². The molecule has 0 radical (unpaired) electrons. The van der Waals surface area contributed by atoms with Gasteiger partial charge in [0.2, 0.25) is 0 Å². The molecule has 4 rings (SSSR count). The van der Waals surface area contributed by atoms with E-state index in [-0.39, 0.29) is 22.9 Å². The van der Waals surface area contributed by atoms with Crippen molar-refractivity contribution in [2.75, 3.05) is 12.4 Å². The van der Waals surface area contributed by atoms with Crippen LogP contribution in [0.15, 0.2) is 71.5 Å². The van der Waals surface area contributed by atoms with Crippen molar-refractivity contribution in [3.05, 3.63) is 82.8 Å². The number of rotatable bonds is 8. The summed E-state index contributed by atoms with van der Waals surface area (Å²) in [5.41, 5.74) is 1.12. The van der Waals surface area contributed by atoms with E-state index >= 15 is 0 Å². The normalized spacial score (nSPS) is 11.2. The highest BCUT2D eigenvalue weighted by Gasteiger charge is 2.19. The van der Waals surface area contributed by atoms with Crippen molar-refractivity contribution in [1.82, 2.24) is 9.78 Å². The lowest BCUT2D eigenvalue weighted by Crippen LogP contribution is -2.29. The average molecular weight is 494 g/mol. The minimum absolute atomic E-state index is 0.0396. The predicted molar refractivity (Wildman–Crippen MR) is 134 cm³/mol. The number of hydrogen-bond donors (Lipinski definition) is 1. The van der Waals surface area contributed by atoms with Crippen LogP contribution >= 0.6 is 0 Å². The molecule has 0 saturated carbocycles. The number of methoxy groups -OCH3 is 1. The molecule has 0 aliphatic heterocycles. The Bertz CT molecular complexity index is 1450. The summed E-state index contributed by atoms with van der Waals surface area (Å²) in [6, 6.07) is 18.0. The van der Waals surface area contributed by atoms with E-state index in [0.717, 1.165) is 0 Å². The maximum Gasteiger partial charge on any atom is 0.387 e. The average Bonchev–Trinajstić information content (AvgIpc) is 2.86. The second-order valence-electron chi connectivity index (χ2n) is 8.55. The number of aromatic nitrogens is 2. The number of ether oxygens (including phenoxy) is 2. The first kappa shape index (κ1) is 24.8. The molecule has 0 aliphatic carbocycles. The Morgan fingerprint density at radius 3 is 2.36 bits per heavy atom. The van der Waals surface area contributed by atoms with Crippen LogP contribution in [0.5, 0.6) is 11.5 Å². The minimum Gasteiger partial charge on any atom is -0.497 e. The smallest absolute Gasteiger partial charge is 0.387 e. The maximum atomic E-state index is 13.3. The molecule has 0 spiro atoms. The van der Waals surface area contributed by atoms with Crippen molar-refractivity contribution >= 4 is 22.4 Å². The van der Waals surface area contributed by atoms with Crippen molar-refractivity contribution in [3.63, 3.8) is 0 Å². The van der Waals surface area contributed by atoms with Crippen molar-refractivity contribution in [1.29, 1.82) is 0 Å². The van der Waals surface area contributed by atoms with Crippen molar-refractivity contribution in [3.8, 4) is 22.6 Å². The number of nitrogens with one attached hydrogen (secondary N) is 1. The molecule has 186 valence electrons. The quantitative estimate of drug-likeness (QED) is 0.346. The number of hydrogen-bond acceptors (Lipinski definition) is 5. The second-order valence-corrected chi connectivity index (χ2v) is 8.55. The van der Waals surface area contributed by atoms with Gasteiger partial charge in [-0.25, -0.2) is 4.68 Å². The van der Waals surface area contributed by atoms with Crippen LogP contribution in [-0.4, -0.2) is 29.4 Å². The third-order valence-corrected chi connectivity index (χ3v) is 5.48. The Morgan fingerprint density at radius 2 is 1.72 bits per heavy atom. The zero-order valence-corrected chi connectivity index (χ0v) is 20.0. The van der Waals surface area contributed by atoms with Gasteiger partial charge in [-0.15, -0.1) is 0 Å². The Morgan fingerprint density at radius 1 is 1.03 bits per heavy atom. The molecule has 1 amide bonds. The van der Waals surface area contributed by atoms with E-state index in [1.165, 1.54) is 23.9 Å². The highest BCUT2D eigenvalue weighted by molar-refractivity contribution is 6.11. The standard InChI is InChI=1S/C27H25F2N3O4/c1-16(2)15-32-26(34)21-7-5-4-6-20(21)24(31-32)25(33)30-18-10-13-23(36-27(28)29)22(14-18)17-8-11-19(35-3)12-9-17/h4-14,16,27H,15H2,1-3H3,(H,30,33). The van der Waals surface area contributed by atoms with Crippen molar-refractivity contribution in [2.45, 2.75) is 27.0 Å². The number of alkyl halides is 2. The van der Waals surface area contributed by atoms with E-state index in [1.54, 1.807) is 54.6 Å². The molecule has 0 atom stereocenters. The number of carbonyl (C=O) groups is 1. The zero-order chi connectivity index (χ0) is 25.8.